The van der Waals surface area contributed by atoms with Crippen molar-refractivity contribution in [1.29, 1.82) is 0 Å². The van der Waals surface area contributed by atoms with E-state index in [0.29, 0.717) is 0 Å². The number of aryl methyl sites for hydroxylation is 2. The molecule has 50 heavy (non-hydrogen) atoms. The lowest BCUT2D eigenvalue weighted by Gasteiger charge is -2.31. The van der Waals surface area contributed by atoms with Crippen molar-refractivity contribution in [1.82, 2.24) is 0 Å². The van der Waals surface area contributed by atoms with Crippen LogP contribution in [0.4, 0.5) is 11.4 Å². The maximum Gasteiger partial charge on any atom is 0.0490 e. The molecule has 0 unspecified atom stereocenters. The van der Waals surface area contributed by atoms with E-state index in [4.69, 9.17) is 6.58 Å². The summed E-state index contributed by atoms with van der Waals surface area (Å²) in [6, 6.07) is 50.7. The molecule has 0 atom stereocenters. The average Bonchev–Trinajstić information content (AvgIpc) is 3.17. The second-order valence-electron chi connectivity index (χ2n) is 13.3. The Morgan fingerprint density at radius 1 is 0.640 bits per heavy atom. The van der Waals surface area contributed by atoms with E-state index in [0.717, 1.165) is 48.3 Å². The minimum absolute atomic E-state index is 0.958. The highest BCUT2D eigenvalue weighted by atomic mass is 15.1. The molecule has 0 saturated carbocycles. The third-order valence-electron chi connectivity index (χ3n) is 9.93. The Labute approximate surface area is 298 Å². The Balaban J connectivity index is 1.44. The monoisotopic (exact) mass is 647 g/mol. The fraction of sp³-hybridized carbons (Fsp3) is 0.143. The third kappa shape index (κ3) is 6.65. The zero-order valence-corrected chi connectivity index (χ0v) is 29.5. The van der Waals surface area contributed by atoms with Gasteiger partial charge >= 0.3 is 0 Å². The van der Waals surface area contributed by atoms with Gasteiger partial charge in [-0.15, -0.1) is 0 Å². The lowest BCUT2D eigenvalue weighted by molar-refractivity contribution is 0.924. The van der Waals surface area contributed by atoms with Crippen molar-refractivity contribution in [3.05, 3.63) is 192 Å². The topological polar surface area (TPSA) is 3.24 Å². The third-order valence-corrected chi connectivity index (χ3v) is 9.93. The van der Waals surface area contributed by atoms with Crippen LogP contribution >= 0.6 is 0 Å². The van der Waals surface area contributed by atoms with Gasteiger partial charge in [-0.2, -0.15) is 0 Å². The fourth-order valence-electron chi connectivity index (χ4n) is 7.39. The highest BCUT2D eigenvalue weighted by Gasteiger charge is 2.24. The van der Waals surface area contributed by atoms with Crippen molar-refractivity contribution in [3.63, 3.8) is 0 Å². The minimum atomic E-state index is 0.958. The number of hydrogen-bond donors (Lipinski definition) is 0. The predicted octanol–water partition coefficient (Wildman–Crippen LogP) is 13.8. The molecule has 0 aromatic heterocycles. The Kier molecular flexibility index (Phi) is 9.76. The van der Waals surface area contributed by atoms with Gasteiger partial charge < -0.3 is 4.90 Å². The van der Waals surface area contributed by atoms with Crippen LogP contribution in [0.15, 0.2) is 164 Å². The van der Waals surface area contributed by atoms with Gasteiger partial charge in [0, 0.05) is 22.6 Å². The van der Waals surface area contributed by atoms with Crippen molar-refractivity contribution < 1.29 is 0 Å². The van der Waals surface area contributed by atoms with Crippen LogP contribution in [0.2, 0.25) is 0 Å². The van der Waals surface area contributed by atoms with Crippen LogP contribution in [0.1, 0.15) is 54.0 Å². The van der Waals surface area contributed by atoms with Gasteiger partial charge in [-0.1, -0.05) is 147 Å². The molecule has 6 aromatic rings. The lowest BCUT2D eigenvalue weighted by Crippen LogP contribution is -2.17. The average molecular weight is 648 g/mol. The van der Waals surface area contributed by atoms with Gasteiger partial charge in [-0.05, 0) is 125 Å². The summed E-state index contributed by atoms with van der Waals surface area (Å²) in [5.41, 5.74) is 18.4. The molecule has 0 aliphatic heterocycles. The molecule has 0 spiro atoms. The van der Waals surface area contributed by atoms with E-state index in [-0.39, 0.29) is 0 Å². The number of para-hydroxylation sites is 1. The van der Waals surface area contributed by atoms with E-state index in [1.165, 1.54) is 61.2 Å². The quantitative estimate of drug-likeness (QED) is 0.143. The summed E-state index contributed by atoms with van der Waals surface area (Å²) in [4.78, 5) is 2.35. The van der Waals surface area contributed by atoms with Crippen molar-refractivity contribution in [2.24, 2.45) is 0 Å². The maximum absolute atomic E-state index is 4.90. The van der Waals surface area contributed by atoms with E-state index in [2.05, 4.69) is 183 Å². The first-order valence-electron chi connectivity index (χ1n) is 17.9. The van der Waals surface area contributed by atoms with Crippen molar-refractivity contribution >= 4 is 22.6 Å². The number of anilines is 2. The smallest absolute Gasteiger partial charge is 0.0490 e. The van der Waals surface area contributed by atoms with E-state index in [9.17, 15) is 0 Å². The number of hydrogen-bond acceptors (Lipinski definition) is 1. The molecule has 246 valence electrons. The lowest BCUT2D eigenvalue weighted by atomic mass is 9.82. The number of allylic oxidation sites excluding steroid dienone is 4. The molecule has 1 aliphatic rings. The summed E-state index contributed by atoms with van der Waals surface area (Å²) in [5, 5.41) is 0. The molecule has 1 aliphatic carbocycles. The SMILES string of the molecule is C=C(c1cccc(C)c1-c1cc(C2=CC=CCC2)cc(-c2ccccc2)c1CCC)N(c1ccc(-c2ccccc2)cc1)c1ccccc1C. The van der Waals surface area contributed by atoms with Gasteiger partial charge in [0.15, 0.2) is 0 Å². The van der Waals surface area contributed by atoms with E-state index < -0.39 is 0 Å². The molecule has 0 fully saturated rings. The summed E-state index contributed by atoms with van der Waals surface area (Å²) in [7, 11) is 0. The minimum Gasteiger partial charge on any atom is -0.310 e. The van der Waals surface area contributed by atoms with E-state index in [1.807, 2.05) is 0 Å². The standard InChI is InChI=1S/C49H45N/c1-5-18-45-46(41-25-13-8-14-26-41)33-42(39-23-11-7-12-24-39)34-47(45)49-36(3)20-17-27-44(49)37(4)50(48-28-16-15-19-35(48)2)43-31-29-40(30-32-43)38-21-9-6-10-22-38/h6-11,13-17,19-23,25-34H,4-5,12,18,24H2,1-3H3. The number of rotatable bonds is 10. The highest BCUT2D eigenvalue weighted by Crippen LogP contribution is 2.44. The molecule has 1 nitrogen and oxygen atoms in total. The molecule has 0 radical (unpaired) electrons. The van der Waals surface area contributed by atoms with E-state index in [1.54, 1.807) is 0 Å². The molecular formula is C49H45N. The Bertz CT molecular complexity index is 2180. The molecule has 0 bridgehead atoms. The van der Waals surface area contributed by atoms with Crippen molar-refractivity contribution in [3.8, 4) is 33.4 Å². The second kappa shape index (κ2) is 14.8. The van der Waals surface area contributed by atoms with Gasteiger partial charge in [0.05, 0.1) is 0 Å². The summed E-state index contributed by atoms with van der Waals surface area (Å²) < 4.78 is 0. The normalized spacial score (nSPS) is 12.4. The first kappa shape index (κ1) is 32.9. The molecule has 0 saturated heterocycles. The van der Waals surface area contributed by atoms with Crippen LogP contribution < -0.4 is 4.90 Å². The van der Waals surface area contributed by atoms with Crippen LogP contribution in [0.25, 0.3) is 44.7 Å². The van der Waals surface area contributed by atoms with Gasteiger partial charge in [-0.25, -0.2) is 0 Å². The fourth-order valence-corrected chi connectivity index (χ4v) is 7.39. The van der Waals surface area contributed by atoms with Crippen LogP contribution in [0.3, 0.4) is 0 Å². The molecule has 6 aromatic carbocycles. The van der Waals surface area contributed by atoms with Crippen LogP contribution in [-0.4, -0.2) is 0 Å². The maximum atomic E-state index is 4.90. The first-order chi connectivity index (χ1) is 24.5. The zero-order valence-electron chi connectivity index (χ0n) is 29.5. The van der Waals surface area contributed by atoms with Gasteiger partial charge in [-0.3, -0.25) is 0 Å². The molecule has 0 amide bonds. The largest absolute Gasteiger partial charge is 0.310 e. The number of nitrogens with zero attached hydrogens (tertiary/aromatic N) is 1. The predicted molar refractivity (Wildman–Crippen MR) is 217 cm³/mol. The summed E-state index contributed by atoms with van der Waals surface area (Å²) >= 11 is 0. The summed E-state index contributed by atoms with van der Waals surface area (Å²) in [5.74, 6) is 0. The molecule has 0 heterocycles. The zero-order chi connectivity index (χ0) is 34.5. The van der Waals surface area contributed by atoms with Crippen molar-refractivity contribution in [2.75, 3.05) is 4.90 Å². The van der Waals surface area contributed by atoms with Gasteiger partial charge in [0.25, 0.3) is 0 Å². The van der Waals surface area contributed by atoms with Crippen LogP contribution in [0.5, 0.6) is 0 Å². The second-order valence-corrected chi connectivity index (χ2v) is 13.3. The summed E-state index contributed by atoms with van der Waals surface area (Å²) in [6.07, 6.45) is 10.9. The van der Waals surface area contributed by atoms with E-state index >= 15 is 0 Å². The Morgan fingerprint density at radius 2 is 1.28 bits per heavy atom. The van der Waals surface area contributed by atoms with Crippen LogP contribution in [-0.2, 0) is 6.42 Å². The Morgan fingerprint density at radius 3 is 1.96 bits per heavy atom. The Hall–Kier alpha value is -5.66. The van der Waals surface area contributed by atoms with Crippen LogP contribution in [0, 0.1) is 13.8 Å². The summed E-state index contributed by atoms with van der Waals surface area (Å²) in [6.45, 7) is 11.6. The number of benzene rings is 6. The molecule has 1 heteroatoms. The first-order valence-corrected chi connectivity index (χ1v) is 17.9. The van der Waals surface area contributed by atoms with Gasteiger partial charge in [0.2, 0.25) is 0 Å². The van der Waals surface area contributed by atoms with Gasteiger partial charge in [0.1, 0.15) is 0 Å². The molecule has 7 rings (SSSR count). The van der Waals surface area contributed by atoms with Crippen molar-refractivity contribution in [2.45, 2.75) is 46.5 Å². The highest BCUT2D eigenvalue weighted by molar-refractivity contribution is 5.96. The molecule has 0 N–H and O–H groups in total. The molecular weight excluding hydrogens is 603 g/mol.